The average Bonchev–Trinajstić information content (AvgIpc) is 2.98. The molecule has 3 nitrogen and oxygen atoms in total. The lowest BCUT2D eigenvalue weighted by Crippen LogP contribution is -1.98. The molecule has 0 saturated heterocycles. The van der Waals surface area contributed by atoms with Gasteiger partial charge in [0.1, 0.15) is 24.7 Å². The fraction of sp³-hybridized carbons (Fsp3) is 0.105. The molecule has 2 aromatic carbocycles. The Morgan fingerprint density at radius 2 is 1.78 bits per heavy atom. The predicted molar refractivity (Wildman–Crippen MR) is 89.6 cm³/mol. The van der Waals surface area contributed by atoms with E-state index >= 15 is 0 Å². The van der Waals surface area contributed by atoms with E-state index in [-0.39, 0.29) is 6.61 Å². The van der Waals surface area contributed by atoms with Gasteiger partial charge in [-0.3, -0.25) is 4.40 Å². The Bertz CT molecular complexity index is 960. The lowest BCUT2D eigenvalue weighted by Gasteiger charge is -2.06. The maximum Gasteiger partial charge on any atom is 0.138 e. The van der Waals surface area contributed by atoms with Gasteiger partial charge in [0.2, 0.25) is 0 Å². The molecular formula is C19H15FN2O. The molecule has 0 bridgehead atoms. The van der Waals surface area contributed by atoms with Crippen LogP contribution in [0, 0.1) is 0 Å². The van der Waals surface area contributed by atoms with Gasteiger partial charge < -0.3 is 4.74 Å². The van der Waals surface area contributed by atoms with E-state index in [1.165, 1.54) is 0 Å². The standard InChI is InChI=1S/C19H15FN2O/c20-10-12-23-16-7-5-14(6-8-16)15-9-11-22-18-4-2-1-3-17(18)21-19(22)13-15/h1-9,11,13H,10,12H2. The van der Waals surface area contributed by atoms with Crippen molar-refractivity contribution in [3.63, 3.8) is 0 Å². The molecule has 0 aliphatic rings. The summed E-state index contributed by atoms with van der Waals surface area (Å²) in [4.78, 5) is 4.66. The Labute approximate surface area is 133 Å². The number of imidazole rings is 1. The first-order valence-corrected chi connectivity index (χ1v) is 7.51. The normalized spacial score (nSPS) is 11.2. The molecule has 23 heavy (non-hydrogen) atoms. The Balaban J connectivity index is 1.72. The van der Waals surface area contributed by atoms with E-state index in [0.717, 1.165) is 27.8 Å². The minimum Gasteiger partial charge on any atom is -0.491 e. The summed E-state index contributed by atoms with van der Waals surface area (Å²) in [7, 11) is 0. The van der Waals surface area contributed by atoms with Crippen LogP contribution in [0.15, 0.2) is 66.9 Å². The molecule has 0 aliphatic carbocycles. The number of aromatic nitrogens is 2. The minimum absolute atomic E-state index is 0.0893. The average molecular weight is 306 g/mol. The summed E-state index contributed by atoms with van der Waals surface area (Å²) >= 11 is 0. The first kappa shape index (κ1) is 13.8. The summed E-state index contributed by atoms with van der Waals surface area (Å²) in [6.07, 6.45) is 2.04. The van der Waals surface area contributed by atoms with Gasteiger partial charge in [-0.05, 0) is 47.5 Å². The topological polar surface area (TPSA) is 26.5 Å². The van der Waals surface area contributed by atoms with Crippen molar-refractivity contribution in [3.8, 4) is 16.9 Å². The highest BCUT2D eigenvalue weighted by molar-refractivity contribution is 5.82. The summed E-state index contributed by atoms with van der Waals surface area (Å²) in [6, 6.07) is 19.9. The molecule has 4 heteroatoms. The Morgan fingerprint density at radius 3 is 2.61 bits per heavy atom. The van der Waals surface area contributed by atoms with Gasteiger partial charge in [0.15, 0.2) is 0 Å². The summed E-state index contributed by atoms with van der Waals surface area (Å²) in [5.41, 5.74) is 5.17. The number of nitrogens with zero attached hydrogens (tertiary/aromatic N) is 2. The Morgan fingerprint density at radius 1 is 0.957 bits per heavy atom. The Hall–Kier alpha value is -2.88. The molecule has 0 aliphatic heterocycles. The van der Waals surface area contributed by atoms with Crippen LogP contribution in [0.5, 0.6) is 5.75 Å². The van der Waals surface area contributed by atoms with E-state index in [9.17, 15) is 4.39 Å². The van der Waals surface area contributed by atoms with Crippen LogP contribution in [-0.2, 0) is 0 Å². The van der Waals surface area contributed by atoms with E-state index in [2.05, 4.69) is 27.6 Å². The highest BCUT2D eigenvalue weighted by atomic mass is 19.1. The molecule has 0 saturated carbocycles. The van der Waals surface area contributed by atoms with Crippen molar-refractivity contribution >= 4 is 16.7 Å². The van der Waals surface area contributed by atoms with Crippen molar-refractivity contribution < 1.29 is 9.13 Å². The Kier molecular flexibility index (Phi) is 3.42. The van der Waals surface area contributed by atoms with Crippen LogP contribution >= 0.6 is 0 Å². The van der Waals surface area contributed by atoms with Crippen LogP contribution in [-0.4, -0.2) is 22.7 Å². The van der Waals surface area contributed by atoms with Crippen LogP contribution in [0.4, 0.5) is 4.39 Å². The molecule has 0 N–H and O–H groups in total. The van der Waals surface area contributed by atoms with Gasteiger partial charge in [0, 0.05) is 6.20 Å². The molecule has 0 fully saturated rings. The quantitative estimate of drug-likeness (QED) is 0.555. The van der Waals surface area contributed by atoms with Gasteiger partial charge in [-0.25, -0.2) is 9.37 Å². The highest BCUT2D eigenvalue weighted by Gasteiger charge is 2.05. The zero-order valence-corrected chi connectivity index (χ0v) is 12.4. The summed E-state index contributed by atoms with van der Waals surface area (Å²) in [6.45, 7) is -0.391. The molecule has 4 rings (SSSR count). The molecule has 0 amide bonds. The van der Waals surface area contributed by atoms with E-state index < -0.39 is 6.67 Å². The molecule has 2 aromatic heterocycles. The molecule has 0 unspecified atom stereocenters. The van der Waals surface area contributed by atoms with Gasteiger partial charge in [0.25, 0.3) is 0 Å². The van der Waals surface area contributed by atoms with Crippen molar-refractivity contribution in [1.29, 1.82) is 0 Å². The molecule has 0 spiro atoms. The van der Waals surface area contributed by atoms with Crippen LogP contribution in [0.3, 0.4) is 0 Å². The molecule has 4 aromatic rings. The third kappa shape index (κ3) is 2.52. The van der Waals surface area contributed by atoms with Gasteiger partial charge in [-0.1, -0.05) is 24.3 Å². The second-order valence-electron chi connectivity index (χ2n) is 5.31. The summed E-state index contributed by atoms with van der Waals surface area (Å²) < 4.78 is 19.5. The molecule has 0 radical (unpaired) electrons. The zero-order chi connectivity index (χ0) is 15.6. The smallest absolute Gasteiger partial charge is 0.138 e. The third-order valence-electron chi connectivity index (χ3n) is 3.84. The molecular weight excluding hydrogens is 291 g/mol. The summed E-state index contributed by atoms with van der Waals surface area (Å²) in [5, 5.41) is 0. The number of alkyl halides is 1. The van der Waals surface area contributed by atoms with E-state index in [1.807, 2.05) is 48.7 Å². The number of halogens is 1. The minimum atomic E-state index is -0.480. The second kappa shape index (κ2) is 5.72. The van der Waals surface area contributed by atoms with Crippen LogP contribution in [0.1, 0.15) is 0 Å². The van der Waals surface area contributed by atoms with E-state index in [0.29, 0.717) is 5.75 Å². The van der Waals surface area contributed by atoms with Gasteiger partial charge in [-0.15, -0.1) is 0 Å². The van der Waals surface area contributed by atoms with Crippen LogP contribution in [0.25, 0.3) is 27.8 Å². The van der Waals surface area contributed by atoms with Crippen molar-refractivity contribution in [2.45, 2.75) is 0 Å². The highest BCUT2D eigenvalue weighted by Crippen LogP contribution is 2.25. The monoisotopic (exact) mass is 306 g/mol. The van der Waals surface area contributed by atoms with E-state index in [1.54, 1.807) is 0 Å². The van der Waals surface area contributed by atoms with Gasteiger partial charge in [0.05, 0.1) is 11.0 Å². The number of para-hydroxylation sites is 2. The third-order valence-corrected chi connectivity index (χ3v) is 3.84. The van der Waals surface area contributed by atoms with Gasteiger partial charge >= 0.3 is 0 Å². The first-order chi connectivity index (χ1) is 11.3. The molecule has 0 atom stereocenters. The number of hydrogen-bond acceptors (Lipinski definition) is 2. The SMILES string of the molecule is FCCOc1ccc(-c2ccn3c(c2)nc2ccccc23)cc1. The van der Waals surface area contributed by atoms with Crippen molar-refractivity contribution in [2.75, 3.05) is 13.3 Å². The van der Waals surface area contributed by atoms with Crippen molar-refractivity contribution in [1.82, 2.24) is 9.38 Å². The lowest BCUT2D eigenvalue weighted by molar-refractivity contribution is 0.273. The number of ether oxygens (including phenoxy) is 1. The predicted octanol–water partition coefficient (Wildman–Crippen LogP) is 4.50. The largest absolute Gasteiger partial charge is 0.491 e. The molecule has 2 heterocycles. The van der Waals surface area contributed by atoms with Crippen molar-refractivity contribution in [3.05, 3.63) is 66.9 Å². The van der Waals surface area contributed by atoms with E-state index in [4.69, 9.17) is 4.74 Å². The first-order valence-electron chi connectivity index (χ1n) is 7.51. The fourth-order valence-electron chi connectivity index (χ4n) is 2.74. The molecule has 114 valence electrons. The zero-order valence-electron chi connectivity index (χ0n) is 12.4. The maximum absolute atomic E-state index is 12.1. The van der Waals surface area contributed by atoms with Crippen LogP contribution < -0.4 is 4.74 Å². The number of benzene rings is 2. The second-order valence-corrected chi connectivity index (χ2v) is 5.31. The van der Waals surface area contributed by atoms with Crippen LogP contribution in [0.2, 0.25) is 0 Å². The fourth-order valence-corrected chi connectivity index (χ4v) is 2.74. The maximum atomic E-state index is 12.1. The number of rotatable bonds is 4. The number of pyridine rings is 1. The van der Waals surface area contributed by atoms with Gasteiger partial charge in [-0.2, -0.15) is 0 Å². The van der Waals surface area contributed by atoms with Crippen molar-refractivity contribution in [2.24, 2.45) is 0 Å². The summed E-state index contributed by atoms with van der Waals surface area (Å²) in [5.74, 6) is 0.680. The number of hydrogen-bond donors (Lipinski definition) is 0. The lowest BCUT2D eigenvalue weighted by atomic mass is 10.1. The number of fused-ring (bicyclic) bond motifs is 3.